The molecule has 0 amide bonds. The predicted octanol–water partition coefficient (Wildman–Crippen LogP) is 4.39. The second kappa shape index (κ2) is 7.12. The van der Waals surface area contributed by atoms with Gasteiger partial charge in [-0.2, -0.15) is 13.2 Å². The van der Waals surface area contributed by atoms with E-state index in [1.54, 1.807) is 31.3 Å². The highest BCUT2D eigenvalue weighted by Gasteiger charge is 2.62. The molecule has 0 saturated heterocycles. The number of halogens is 3. The van der Waals surface area contributed by atoms with E-state index in [2.05, 4.69) is 15.0 Å². The lowest BCUT2D eigenvalue weighted by atomic mass is 9.91. The Morgan fingerprint density at radius 3 is 2.43 bits per heavy atom. The molecule has 1 fully saturated rings. The summed E-state index contributed by atoms with van der Waals surface area (Å²) in [5, 5.41) is 11.0. The van der Waals surface area contributed by atoms with Crippen molar-refractivity contribution in [3.8, 4) is 11.1 Å². The number of rotatable bonds is 6. The highest BCUT2D eigenvalue weighted by Crippen LogP contribution is 2.59. The number of nitrogen functional groups attached to an aromatic ring is 1. The number of aromatic amines is 1. The molecule has 0 bridgehead atoms. The number of hydrogen-bond donors (Lipinski definition) is 3. The zero-order valence-electron chi connectivity index (χ0n) is 16.5. The van der Waals surface area contributed by atoms with Crippen LogP contribution in [0.1, 0.15) is 36.8 Å². The average molecular weight is 416 g/mol. The van der Waals surface area contributed by atoms with Gasteiger partial charge in [-0.25, -0.2) is 9.97 Å². The van der Waals surface area contributed by atoms with Crippen LogP contribution >= 0.6 is 0 Å². The standard InChI is InChI=1S/C22H23F3N4O/c1-20(30,15-6-4-14(5-7-15)17-3-2-10-27-19(17)26)12-18-28-13-16(29-18)11-21(8-9-21)22(23,24)25/h2-7,10,13,30H,8-9,11-12H2,1H3,(H2,26,27)(H,28,29). The van der Waals surface area contributed by atoms with E-state index >= 15 is 0 Å². The van der Waals surface area contributed by atoms with E-state index in [1.807, 2.05) is 18.2 Å². The quantitative estimate of drug-likeness (QED) is 0.556. The van der Waals surface area contributed by atoms with Crippen LogP contribution < -0.4 is 5.73 Å². The first-order chi connectivity index (χ1) is 14.1. The van der Waals surface area contributed by atoms with Crippen molar-refractivity contribution in [2.45, 2.75) is 44.4 Å². The number of nitrogens with two attached hydrogens (primary N) is 1. The molecule has 1 unspecified atom stereocenters. The molecular formula is C22H23F3N4O. The lowest BCUT2D eigenvalue weighted by Crippen LogP contribution is -2.27. The number of H-pyrrole nitrogens is 1. The normalized spacial score (nSPS) is 17.5. The lowest BCUT2D eigenvalue weighted by Gasteiger charge is -2.23. The summed E-state index contributed by atoms with van der Waals surface area (Å²) in [5.41, 5.74) is 5.84. The van der Waals surface area contributed by atoms with Crippen molar-refractivity contribution >= 4 is 5.82 Å². The number of benzene rings is 1. The second-order valence-electron chi connectivity index (χ2n) is 8.27. The highest BCUT2D eigenvalue weighted by molar-refractivity contribution is 5.73. The maximum absolute atomic E-state index is 13.2. The molecule has 2 aromatic heterocycles. The smallest absolute Gasteiger partial charge is 0.385 e. The molecule has 30 heavy (non-hydrogen) atoms. The van der Waals surface area contributed by atoms with Gasteiger partial charge in [0, 0.05) is 36.5 Å². The van der Waals surface area contributed by atoms with Crippen LogP contribution in [0.15, 0.2) is 48.8 Å². The van der Waals surface area contributed by atoms with Crippen molar-refractivity contribution < 1.29 is 18.3 Å². The summed E-state index contributed by atoms with van der Waals surface area (Å²) in [6.45, 7) is 1.65. The molecule has 1 saturated carbocycles. The minimum absolute atomic E-state index is 0.104. The molecule has 4 rings (SSSR count). The summed E-state index contributed by atoms with van der Waals surface area (Å²) >= 11 is 0. The molecule has 3 aromatic rings. The summed E-state index contributed by atoms with van der Waals surface area (Å²) in [5.74, 6) is 0.876. The minimum Gasteiger partial charge on any atom is -0.385 e. The first kappa shape index (κ1) is 20.4. The Morgan fingerprint density at radius 2 is 1.83 bits per heavy atom. The van der Waals surface area contributed by atoms with Gasteiger partial charge in [-0.15, -0.1) is 0 Å². The second-order valence-corrected chi connectivity index (χ2v) is 8.27. The minimum atomic E-state index is -4.21. The number of nitrogens with one attached hydrogen (secondary N) is 1. The first-order valence-electron chi connectivity index (χ1n) is 9.73. The molecule has 4 N–H and O–H groups in total. The number of aliphatic hydroxyl groups is 1. The summed E-state index contributed by atoms with van der Waals surface area (Å²) in [6, 6.07) is 11.0. The third-order valence-electron chi connectivity index (χ3n) is 5.83. The molecule has 0 aliphatic heterocycles. The fourth-order valence-corrected chi connectivity index (χ4v) is 3.76. The monoisotopic (exact) mass is 416 g/mol. The zero-order chi connectivity index (χ0) is 21.6. The van der Waals surface area contributed by atoms with Crippen LogP contribution in [-0.4, -0.2) is 26.2 Å². The summed E-state index contributed by atoms with van der Waals surface area (Å²) in [6.07, 6.45) is -0.802. The number of aromatic nitrogens is 3. The zero-order valence-corrected chi connectivity index (χ0v) is 16.5. The van der Waals surface area contributed by atoms with E-state index < -0.39 is 17.2 Å². The number of nitrogens with zero attached hydrogens (tertiary/aromatic N) is 2. The highest BCUT2D eigenvalue weighted by atomic mass is 19.4. The van der Waals surface area contributed by atoms with Crippen LogP contribution in [0.5, 0.6) is 0 Å². The van der Waals surface area contributed by atoms with Crippen LogP contribution in [0.4, 0.5) is 19.0 Å². The van der Waals surface area contributed by atoms with Crippen LogP contribution in [0, 0.1) is 5.41 Å². The van der Waals surface area contributed by atoms with E-state index in [0.29, 0.717) is 22.9 Å². The largest absolute Gasteiger partial charge is 0.394 e. The Morgan fingerprint density at radius 1 is 1.13 bits per heavy atom. The van der Waals surface area contributed by atoms with Gasteiger partial charge in [-0.1, -0.05) is 24.3 Å². The van der Waals surface area contributed by atoms with Crippen molar-refractivity contribution in [3.63, 3.8) is 0 Å². The van der Waals surface area contributed by atoms with Crippen molar-refractivity contribution in [2.75, 3.05) is 5.73 Å². The van der Waals surface area contributed by atoms with Gasteiger partial charge in [0.25, 0.3) is 0 Å². The number of alkyl halides is 3. The Kier molecular flexibility index (Phi) is 4.85. The van der Waals surface area contributed by atoms with Gasteiger partial charge in [-0.3, -0.25) is 0 Å². The number of pyridine rings is 1. The molecule has 1 atom stereocenters. The van der Waals surface area contributed by atoms with Crippen LogP contribution in [0.2, 0.25) is 0 Å². The number of anilines is 1. The van der Waals surface area contributed by atoms with E-state index in [4.69, 9.17) is 5.73 Å². The Bertz CT molecular complexity index is 1040. The third kappa shape index (κ3) is 3.92. The maximum Gasteiger partial charge on any atom is 0.394 e. The van der Waals surface area contributed by atoms with Gasteiger partial charge in [0.2, 0.25) is 0 Å². The number of imidazole rings is 1. The molecule has 158 valence electrons. The van der Waals surface area contributed by atoms with Gasteiger partial charge in [0.1, 0.15) is 11.6 Å². The lowest BCUT2D eigenvalue weighted by molar-refractivity contribution is -0.186. The molecule has 1 aromatic carbocycles. The fourth-order valence-electron chi connectivity index (χ4n) is 3.76. The molecule has 2 heterocycles. The SMILES string of the molecule is CC(O)(Cc1ncc(CC2(C(F)(F)F)CC2)[nH]1)c1ccc(-c2cccnc2N)cc1. The van der Waals surface area contributed by atoms with Gasteiger partial charge < -0.3 is 15.8 Å². The molecule has 0 radical (unpaired) electrons. The molecule has 0 spiro atoms. The van der Waals surface area contributed by atoms with Crippen molar-refractivity contribution in [2.24, 2.45) is 5.41 Å². The van der Waals surface area contributed by atoms with Crippen LogP contribution in [0.3, 0.4) is 0 Å². The third-order valence-corrected chi connectivity index (χ3v) is 5.83. The predicted molar refractivity (Wildman–Crippen MR) is 107 cm³/mol. The van der Waals surface area contributed by atoms with Crippen LogP contribution in [-0.2, 0) is 18.4 Å². The average Bonchev–Trinajstić information content (AvgIpc) is 3.36. The molecular weight excluding hydrogens is 393 g/mol. The Labute approximate surface area is 172 Å². The summed E-state index contributed by atoms with van der Waals surface area (Å²) in [7, 11) is 0. The van der Waals surface area contributed by atoms with Gasteiger partial charge in [0.05, 0.1) is 11.0 Å². The number of hydrogen-bond acceptors (Lipinski definition) is 4. The van der Waals surface area contributed by atoms with Gasteiger partial charge in [0.15, 0.2) is 0 Å². The molecule has 1 aliphatic carbocycles. The molecule has 1 aliphatic rings. The Balaban J connectivity index is 1.47. The van der Waals surface area contributed by atoms with E-state index in [0.717, 1.165) is 11.1 Å². The summed E-state index contributed by atoms with van der Waals surface area (Å²) in [4.78, 5) is 11.2. The first-order valence-corrected chi connectivity index (χ1v) is 9.73. The maximum atomic E-state index is 13.2. The van der Waals surface area contributed by atoms with E-state index in [1.165, 1.54) is 6.20 Å². The van der Waals surface area contributed by atoms with Crippen molar-refractivity contribution in [3.05, 3.63) is 65.9 Å². The Hall–Kier alpha value is -2.87. The summed E-state index contributed by atoms with van der Waals surface area (Å²) < 4.78 is 39.5. The van der Waals surface area contributed by atoms with E-state index in [9.17, 15) is 18.3 Å². The molecule has 8 heteroatoms. The van der Waals surface area contributed by atoms with Crippen LogP contribution in [0.25, 0.3) is 11.1 Å². The van der Waals surface area contributed by atoms with Gasteiger partial charge >= 0.3 is 6.18 Å². The van der Waals surface area contributed by atoms with Crippen molar-refractivity contribution in [1.82, 2.24) is 15.0 Å². The molecule has 5 nitrogen and oxygen atoms in total. The van der Waals surface area contributed by atoms with Gasteiger partial charge in [-0.05, 0) is 43.0 Å². The van der Waals surface area contributed by atoms with E-state index in [-0.39, 0.29) is 25.7 Å². The van der Waals surface area contributed by atoms with Crippen molar-refractivity contribution in [1.29, 1.82) is 0 Å². The fraction of sp³-hybridized carbons (Fsp3) is 0.364. The topological polar surface area (TPSA) is 87.8 Å².